The third kappa shape index (κ3) is 24.9. The van der Waals surface area contributed by atoms with Crippen LogP contribution in [-0.2, 0) is 42.7 Å². The minimum absolute atomic E-state index is 0.00160. The first kappa shape index (κ1) is 26.9. The minimum Gasteiger partial charge on any atom is -0.481 e. The number of carbonyl (C=O) groups excluding carboxylic acids is 1. The van der Waals surface area contributed by atoms with Crippen molar-refractivity contribution >= 4 is 12.3 Å². The first-order valence-electron chi connectivity index (χ1n) is 9.47. The molecule has 0 saturated carbocycles. The number of hydrogen-bond acceptors (Lipinski definition) is 9. The van der Waals surface area contributed by atoms with Gasteiger partial charge < -0.3 is 43.1 Å². The van der Waals surface area contributed by atoms with Crippen molar-refractivity contribution in [2.24, 2.45) is 0 Å². The Morgan fingerprint density at radius 1 is 0.536 bits per heavy atom. The summed E-state index contributed by atoms with van der Waals surface area (Å²) < 4.78 is 36.9. The zero-order valence-electron chi connectivity index (χ0n) is 16.5. The Bertz CT molecular complexity index is 340. The molecule has 0 aliphatic heterocycles. The van der Waals surface area contributed by atoms with Crippen LogP contribution >= 0.6 is 0 Å². The van der Waals surface area contributed by atoms with E-state index in [1.54, 1.807) is 0 Å². The van der Waals surface area contributed by atoms with Crippen molar-refractivity contribution in [2.45, 2.75) is 12.8 Å². The quantitative estimate of drug-likeness (QED) is 0.174. The monoisotopic (exact) mass is 410 g/mol. The van der Waals surface area contributed by atoms with E-state index in [2.05, 4.69) is 0 Å². The molecule has 0 aromatic heterocycles. The predicted octanol–water partition coefficient (Wildman–Crippen LogP) is 0.166. The molecule has 0 aromatic carbocycles. The average Bonchev–Trinajstić information content (AvgIpc) is 2.68. The van der Waals surface area contributed by atoms with Gasteiger partial charge in [-0.2, -0.15) is 0 Å². The normalized spacial score (nSPS) is 11.0. The topological polar surface area (TPSA) is 119 Å². The summed E-state index contributed by atoms with van der Waals surface area (Å²) >= 11 is 0. The molecule has 0 heterocycles. The Morgan fingerprint density at radius 3 is 1.11 bits per heavy atom. The molecule has 0 aliphatic carbocycles. The molecule has 166 valence electrons. The highest BCUT2D eigenvalue weighted by atomic mass is 16.6. The molecule has 0 rings (SSSR count). The van der Waals surface area contributed by atoms with Crippen molar-refractivity contribution in [3.8, 4) is 0 Å². The second-order valence-corrected chi connectivity index (χ2v) is 5.39. The van der Waals surface area contributed by atoms with Gasteiger partial charge in [-0.1, -0.05) is 0 Å². The second kappa shape index (κ2) is 23.9. The van der Waals surface area contributed by atoms with E-state index in [4.69, 9.17) is 38.3 Å². The zero-order valence-corrected chi connectivity index (χ0v) is 16.5. The number of aliphatic carboxylic acids is 1. The van der Waals surface area contributed by atoms with Crippen molar-refractivity contribution in [2.75, 3.05) is 92.5 Å². The van der Waals surface area contributed by atoms with Crippen LogP contribution in [-0.4, -0.2) is 110 Å². The average molecular weight is 410 g/mol. The number of carboxylic acid groups (broad SMARTS) is 1. The molecule has 10 nitrogen and oxygen atoms in total. The highest BCUT2D eigenvalue weighted by Gasteiger charge is 1.97. The number of ether oxygens (including phenoxy) is 7. The SMILES string of the molecule is O=CCCOCCOCCOCCOCCOCCOCCOCCC(=O)O. The van der Waals surface area contributed by atoms with Crippen LogP contribution in [0.1, 0.15) is 12.8 Å². The summed E-state index contributed by atoms with van der Waals surface area (Å²) in [6.07, 6.45) is 1.24. The van der Waals surface area contributed by atoms with Gasteiger partial charge in [0.1, 0.15) is 6.29 Å². The van der Waals surface area contributed by atoms with Crippen LogP contribution in [0.2, 0.25) is 0 Å². The first-order valence-corrected chi connectivity index (χ1v) is 9.47. The third-order valence-corrected chi connectivity index (χ3v) is 3.07. The summed E-state index contributed by atoms with van der Waals surface area (Å²) in [6.45, 7) is 6.21. The number of carbonyl (C=O) groups is 2. The van der Waals surface area contributed by atoms with Gasteiger partial charge in [0.2, 0.25) is 0 Å². The maximum absolute atomic E-state index is 10.3. The lowest BCUT2D eigenvalue weighted by molar-refractivity contribution is -0.138. The number of hydrogen-bond donors (Lipinski definition) is 1. The number of carboxylic acids is 1. The summed E-state index contributed by atoms with van der Waals surface area (Å²) in [5.74, 6) is -0.873. The smallest absolute Gasteiger partial charge is 0.305 e. The molecule has 0 atom stereocenters. The van der Waals surface area contributed by atoms with E-state index in [0.717, 1.165) is 6.29 Å². The van der Waals surface area contributed by atoms with Gasteiger partial charge in [-0.3, -0.25) is 4.79 Å². The van der Waals surface area contributed by atoms with E-state index in [9.17, 15) is 9.59 Å². The largest absolute Gasteiger partial charge is 0.481 e. The van der Waals surface area contributed by atoms with Crippen molar-refractivity contribution in [1.29, 1.82) is 0 Å². The second-order valence-electron chi connectivity index (χ2n) is 5.39. The highest BCUT2D eigenvalue weighted by molar-refractivity contribution is 5.66. The molecule has 0 bridgehead atoms. The number of rotatable bonds is 24. The van der Waals surface area contributed by atoms with E-state index < -0.39 is 5.97 Å². The van der Waals surface area contributed by atoms with Crippen LogP contribution in [0.4, 0.5) is 0 Å². The number of aldehydes is 1. The van der Waals surface area contributed by atoms with Gasteiger partial charge in [-0.15, -0.1) is 0 Å². The molecule has 0 radical (unpaired) electrons. The van der Waals surface area contributed by atoms with Crippen LogP contribution in [0.15, 0.2) is 0 Å². The Hall–Kier alpha value is -1.14. The van der Waals surface area contributed by atoms with Gasteiger partial charge in [0.25, 0.3) is 0 Å². The summed E-state index contributed by atoms with van der Waals surface area (Å²) in [5.41, 5.74) is 0. The maximum atomic E-state index is 10.3. The van der Waals surface area contributed by atoms with Gasteiger partial charge in [0.05, 0.1) is 98.9 Å². The van der Waals surface area contributed by atoms with Crippen LogP contribution in [0.25, 0.3) is 0 Å². The van der Waals surface area contributed by atoms with Gasteiger partial charge in [-0.05, 0) is 0 Å². The van der Waals surface area contributed by atoms with Gasteiger partial charge >= 0.3 is 5.97 Å². The fraction of sp³-hybridized carbons (Fsp3) is 0.889. The fourth-order valence-electron chi connectivity index (χ4n) is 1.71. The van der Waals surface area contributed by atoms with Crippen molar-refractivity contribution < 1.29 is 47.9 Å². The minimum atomic E-state index is -0.873. The zero-order chi connectivity index (χ0) is 20.5. The lowest BCUT2D eigenvalue weighted by Crippen LogP contribution is -2.14. The van der Waals surface area contributed by atoms with Gasteiger partial charge in [-0.25, -0.2) is 0 Å². The highest BCUT2D eigenvalue weighted by Crippen LogP contribution is 1.86. The third-order valence-electron chi connectivity index (χ3n) is 3.07. The fourth-order valence-corrected chi connectivity index (χ4v) is 1.71. The molecule has 0 aliphatic rings. The lowest BCUT2D eigenvalue weighted by Gasteiger charge is -2.08. The van der Waals surface area contributed by atoms with E-state index in [1.165, 1.54) is 0 Å². The molecule has 0 fully saturated rings. The van der Waals surface area contributed by atoms with E-state index >= 15 is 0 Å². The predicted molar refractivity (Wildman–Crippen MR) is 98.7 cm³/mol. The molecule has 0 aromatic rings. The Kier molecular flexibility index (Phi) is 22.9. The van der Waals surface area contributed by atoms with E-state index in [-0.39, 0.29) is 13.0 Å². The molecular formula is C18H34O10. The van der Waals surface area contributed by atoms with Gasteiger partial charge in [0.15, 0.2) is 0 Å². The molecule has 1 N–H and O–H groups in total. The Labute approximate surface area is 166 Å². The molecule has 28 heavy (non-hydrogen) atoms. The molecule has 0 amide bonds. The van der Waals surface area contributed by atoms with Gasteiger partial charge in [0, 0.05) is 6.42 Å². The van der Waals surface area contributed by atoms with Crippen LogP contribution in [0.5, 0.6) is 0 Å². The Balaban J connectivity index is 2.99. The van der Waals surface area contributed by atoms with Crippen LogP contribution in [0, 0.1) is 0 Å². The molecule has 0 unspecified atom stereocenters. The summed E-state index contributed by atoms with van der Waals surface area (Å²) in [5, 5.41) is 8.42. The standard InChI is InChI=1S/C18H34O10/c19-3-1-4-22-6-8-24-10-12-26-14-16-28-17-15-27-13-11-25-9-7-23-5-2-18(20)21/h3H,1-2,4-17H2,(H,20,21). The molecule has 10 heteroatoms. The summed E-state index contributed by atoms with van der Waals surface area (Å²) in [7, 11) is 0. The summed E-state index contributed by atoms with van der Waals surface area (Å²) in [6, 6.07) is 0. The van der Waals surface area contributed by atoms with Crippen LogP contribution in [0.3, 0.4) is 0 Å². The van der Waals surface area contributed by atoms with E-state index in [1.807, 2.05) is 0 Å². The molecule has 0 spiro atoms. The van der Waals surface area contributed by atoms with Crippen LogP contribution < -0.4 is 0 Å². The Morgan fingerprint density at radius 2 is 0.821 bits per heavy atom. The van der Waals surface area contributed by atoms with Crippen molar-refractivity contribution in [1.82, 2.24) is 0 Å². The van der Waals surface area contributed by atoms with Crippen molar-refractivity contribution in [3.05, 3.63) is 0 Å². The first-order chi connectivity index (χ1) is 13.8. The van der Waals surface area contributed by atoms with E-state index in [0.29, 0.717) is 92.3 Å². The molecular weight excluding hydrogens is 376 g/mol. The summed E-state index contributed by atoms with van der Waals surface area (Å²) in [4.78, 5) is 20.3. The lowest BCUT2D eigenvalue weighted by atomic mass is 10.5. The maximum Gasteiger partial charge on any atom is 0.305 e. The molecule has 0 saturated heterocycles. The van der Waals surface area contributed by atoms with Crippen molar-refractivity contribution in [3.63, 3.8) is 0 Å².